The number of rotatable bonds is 6. The predicted octanol–water partition coefficient (Wildman–Crippen LogP) is 2.11. The van der Waals surface area contributed by atoms with Gasteiger partial charge in [-0.05, 0) is 48.7 Å². The monoisotopic (exact) mass is 336 g/mol. The molecule has 0 amide bonds. The largest absolute Gasteiger partial charge is 0.508 e. The van der Waals surface area contributed by atoms with Crippen LogP contribution in [0.15, 0.2) is 42.5 Å². The van der Waals surface area contributed by atoms with Crippen LogP contribution in [0.4, 0.5) is 0 Å². The minimum absolute atomic E-state index is 0.0677. The Morgan fingerprint density at radius 1 is 0.957 bits per heavy atom. The number of phenolic OH excluding ortho intramolecular Hbond substituents is 2. The van der Waals surface area contributed by atoms with Crippen molar-refractivity contribution < 1.29 is 29.4 Å². The topological polar surface area (TPSA) is 115 Å². The van der Waals surface area contributed by atoms with Gasteiger partial charge in [-0.3, -0.25) is 9.36 Å². The van der Waals surface area contributed by atoms with Gasteiger partial charge in [0, 0.05) is 12.0 Å². The van der Waals surface area contributed by atoms with Crippen molar-refractivity contribution in [2.45, 2.75) is 19.3 Å². The average Bonchev–Trinajstić information content (AvgIpc) is 2.48. The molecule has 122 valence electrons. The van der Waals surface area contributed by atoms with Gasteiger partial charge in [0.15, 0.2) is 5.78 Å². The number of carbonyl (C=O) groups excluding carboxylic acids is 1. The second-order valence-corrected chi connectivity index (χ2v) is 6.76. The van der Waals surface area contributed by atoms with E-state index in [-0.39, 0.29) is 29.3 Å². The Hall–Kier alpha value is -2.14. The van der Waals surface area contributed by atoms with Crippen LogP contribution in [-0.4, -0.2) is 25.8 Å². The zero-order chi connectivity index (χ0) is 17.0. The summed E-state index contributed by atoms with van der Waals surface area (Å²) in [7, 11) is -4.64. The lowest BCUT2D eigenvalue weighted by molar-refractivity contribution is 0.0980. The normalized spacial score (nSPS) is 11.4. The van der Waals surface area contributed by atoms with Crippen molar-refractivity contribution in [3.8, 4) is 11.5 Å². The zero-order valence-electron chi connectivity index (χ0n) is 12.2. The number of carbonyl (C=O) groups is 1. The van der Waals surface area contributed by atoms with Crippen LogP contribution >= 0.6 is 7.60 Å². The molecule has 23 heavy (non-hydrogen) atoms. The van der Waals surface area contributed by atoms with Crippen molar-refractivity contribution in [1.29, 1.82) is 0 Å². The molecule has 0 radical (unpaired) electrons. The first-order valence-electron chi connectivity index (χ1n) is 6.97. The lowest BCUT2D eigenvalue weighted by Crippen LogP contribution is -2.16. The number of benzene rings is 2. The highest BCUT2D eigenvalue weighted by Crippen LogP contribution is 2.36. The molecule has 6 nitrogen and oxygen atoms in total. The Balaban J connectivity index is 2.06. The van der Waals surface area contributed by atoms with Gasteiger partial charge in [0.1, 0.15) is 11.5 Å². The molecule has 0 bridgehead atoms. The van der Waals surface area contributed by atoms with E-state index in [1.807, 2.05) is 0 Å². The van der Waals surface area contributed by atoms with Crippen LogP contribution in [0.1, 0.15) is 28.8 Å². The van der Waals surface area contributed by atoms with E-state index < -0.39 is 12.9 Å². The fourth-order valence-electron chi connectivity index (χ4n) is 2.25. The number of ketones is 1. The Labute approximate surface area is 133 Å². The van der Waals surface area contributed by atoms with Crippen molar-refractivity contribution in [3.05, 3.63) is 53.6 Å². The second-order valence-electron chi connectivity index (χ2n) is 5.19. The molecule has 0 spiro atoms. The first kappa shape index (κ1) is 17.2. The van der Waals surface area contributed by atoms with Crippen LogP contribution in [0, 0.1) is 0 Å². The van der Waals surface area contributed by atoms with Gasteiger partial charge in [0.25, 0.3) is 0 Å². The fraction of sp³-hybridized carbons (Fsp3) is 0.188. The lowest BCUT2D eigenvalue weighted by atomic mass is 10.0. The second kappa shape index (κ2) is 6.96. The zero-order valence-corrected chi connectivity index (χ0v) is 13.1. The Bertz CT molecular complexity index is 748. The highest BCUT2D eigenvalue weighted by atomic mass is 31.2. The molecular formula is C16H17O6P. The number of aryl methyl sites for hydroxylation is 1. The maximum Gasteiger partial charge on any atom is 0.357 e. The molecule has 2 aromatic rings. The van der Waals surface area contributed by atoms with E-state index in [9.17, 15) is 29.4 Å². The van der Waals surface area contributed by atoms with Gasteiger partial charge < -0.3 is 20.0 Å². The summed E-state index contributed by atoms with van der Waals surface area (Å²) in [4.78, 5) is 30.8. The van der Waals surface area contributed by atoms with Crippen LogP contribution < -0.4 is 5.30 Å². The number of Topliss-reactive ketones (excluding diaryl/α,β-unsaturated/α-hetero) is 1. The van der Waals surface area contributed by atoms with Crippen LogP contribution in [0.2, 0.25) is 0 Å². The molecule has 7 heteroatoms. The molecule has 0 saturated heterocycles. The maximum absolute atomic E-state index is 12.2. The van der Waals surface area contributed by atoms with Gasteiger partial charge in [-0.15, -0.1) is 0 Å². The molecule has 0 atom stereocenters. The number of phenols is 2. The number of hydrogen-bond acceptors (Lipinski definition) is 4. The molecule has 0 aliphatic heterocycles. The molecule has 0 aliphatic carbocycles. The van der Waals surface area contributed by atoms with Crippen LogP contribution in [0.25, 0.3) is 0 Å². The molecule has 4 N–H and O–H groups in total. The summed E-state index contributed by atoms with van der Waals surface area (Å²) in [6, 6.07) is 10.0. The minimum atomic E-state index is -4.64. The van der Waals surface area contributed by atoms with E-state index in [1.54, 1.807) is 24.3 Å². The highest BCUT2D eigenvalue weighted by molar-refractivity contribution is 7.60. The number of hydrogen-bond donors (Lipinski definition) is 4. The standard InChI is InChI=1S/C16H17O6P/c17-12-6-4-11(5-7-12)2-1-3-15(19)14-9-8-13(18)10-16(14)23(20,21)22/h4-10,17-18H,1-3H2,(H2,20,21,22). The number of aromatic hydroxyl groups is 2. The first-order valence-corrected chi connectivity index (χ1v) is 8.59. The maximum atomic E-state index is 12.2. The molecule has 0 aliphatic rings. The van der Waals surface area contributed by atoms with Gasteiger partial charge in [0.2, 0.25) is 0 Å². The Morgan fingerprint density at radius 2 is 1.57 bits per heavy atom. The molecule has 0 fully saturated rings. The summed E-state index contributed by atoms with van der Waals surface area (Å²) in [5.41, 5.74) is 0.887. The van der Waals surface area contributed by atoms with Crippen molar-refractivity contribution in [2.75, 3.05) is 0 Å². The molecule has 0 aromatic heterocycles. The lowest BCUT2D eigenvalue weighted by Gasteiger charge is -2.10. The van der Waals surface area contributed by atoms with E-state index >= 15 is 0 Å². The summed E-state index contributed by atoms with van der Waals surface area (Å²) in [6.07, 6.45) is 1.24. The third-order valence-corrected chi connectivity index (χ3v) is 4.40. The average molecular weight is 336 g/mol. The summed E-state index contributed by atoms with van der Waals surface area (Å²) < 4.78 is 11.4. The SMILES string of the molecule is O=C(CCCc1ccc(O)cc1)c1ccc(O)cc1P(=O)(O)O. The fourth-order valence-corrected chi connectivity index (χ4v) is 3.06. The molecule has 2 rings (SSSR count). The third kappa shape index (κ3) is 4.66. The third-order valence-electron chi connectivity index (χ3n) is 3.40. The Morgan fingerprint density at radius 3 is 2.17 bits per heavy atom. The smallest absolute Gasteiger partial charge is 0.357 e. The van der Waals surface area contributed by atoms with Crippen molar-refractivity contribution in [1.82, 2.24) is 0 Å². The van der Waals surface area contributed by atoms with E-state index in [0.29, 0.717) is 12.8 Å². The first-order chi connectivity index (χ1) is 10.8. The molecular weight excluding hydrogens is 319 g/mol. The van der Waals surface area contributed by atoms with Gasteiger partial charge in [-0.25, -0.2) is 0 Å². The van der Waals surface area contributed by atoms with Crippen LogP contribution in [0.3, 0.4) is 0 Å². The summed E-state index contributed by atoms with van der Waals surface area (Å²) >= 11 is 0. The Kier molecular flexibility index (Phi) is 5.21. The molecule has 0 heterocycles. The summed E-state index contributed by atoms with van der Waals surface area (Å²) in [5.74, 6) is -0.522. The van der Waals surface area contributed by atoms with E-state index in [4.69, 9.17) is 0 Å². The summed E-state index contributed by atoms with van der Waals surface area (Å²) in [6.45, 7) is 0. The van der Waals surface area contributed by atoms with Crippen LogP contribution in [-0.2, 0) is 11.0 Å². The van der Waals surface area contributed by atoms with Gasteiger partial charge in [0.05, 0.1) is 5.30 Å². The highest BCUT2D eigenvalue weighted by Gasteiger charge is 2.25. The minimum Gasteiger partial charge on any atom is -0.508 e. The predicted molar refractivity (Wildman–Crippen MR) is 85.2 cm³/mol. The van der Waals surface area contributed by atoms with Gasteiger partial charge in [-0.1, -0.05) is 12.1 Å². The van der Waals surface area contributed by atoms with E-state index in [2.05, 4.69) is 0 Å². The van der Waals surface area contributed by atoms with E-state index in [1.165, 1.54) is 12.1 Å². The van der Waals surface area contributed by atoms with E-state index in [0.717, 1.165) is 11.6 Å². The van der Waals surface area contributed by atoms with Crippen LogP contribution in [0.5, 0.6) is 11.5 Å². The van der Waals surface area contributed by atoms with Crippen molar-refractivity contribution in [3.63, 3.8) is 0 Å². The molecule has 0 unspecified atom stereocenters. The van der Waals surface area contributed by atoms with Crippen molar-refractivity contribution >= 4 is 18.7 Å². The van der Waals surface area contributed by atoms with Gasteiger partial charge >= 0.3 is 7.60 Å². The molecule has 0 saturated carbocycles. The van der Waals surface area contributed by atoms with Gasteiger partial charge in [-0.2, -0.15) is 0 Å². The quantitative estimate of drug-likeness (QED) is 0.474. The van der Waals surface area contributed by atoms with Crippen molar-refractivity contribution in [2.24, 2.45) is 0 Å². The molecule has 2 aromatic carbocycles. The summed E-state index contributed by atoms with van der Waals surface area (Å²) in [5, 5.41) is 18.1.